The topological polar surface area (TPSA) is 57.5 Å². The van der Waals surface area contributed by atoms with Crippen LogP contribution in [0.1, 0.15) is 36.2 Å². The van der Waals surface area contributed by atoms with Gasteiger partial charge >= 0.3 is 5.97 Å². The molecule has 2 rings (SSSR count). The van der Waals surface area contributed by atoms with Crippen LogP contribution in [0.3, 0.4) is 0 Å². The molecule has 1 atom stereocenters. The largest absolute Gasteiger partial charge is 0.505 e. The number of hydrogen-bond donors (Lipinski definition) is 2. The van der Waals surface area contributed by atoms with Crippen molar-refractivity contribution in [1.82, 2.24) is 0 Å². The van der Waals surface area contributed by atoms with Crippen LogP contribution in [0.5, 0.6) is 5.75 Å². The average molecular weight is 302 g/mol. The van der Waals surface area contributed by atoms with Crippen LogP contribution in [0, 0.1) is 11.7 Å². The van der Waals surface area contributed by atoms with Crippen LogP contribution in [-0.2, 0) is 6.42 Å². The van der Waals surface area contributed by atoms with Crippen molar-refractivity contribution in [3.8, 4) is 16.9 Å². The Balaban J connectivity index is 2.53. The average Bonchev–Trinajstić information content (AvgIpc) is 2.49. The zero-order valence-corrected chi connectivity index (χ0v) is 12.6. The van der Waals surface area contributed by atoms with E-state index in [0.29, 0.717) is 11.5 Å². The van der Waals surface area contributed by atoms with Gasteiger partial charge in [-0.3, -0.25) is 0 Å². The number of aromatic carboxylic acids is 1. The number of carboxylic acids is 1. The highest BCUT2D eigenvalue weighted by molar-refractivity contribution is 5.89. The second-order valence-corrected chi connectivity index (χ2v) is 5.56. The number of phenolic OH excluding ortho intramolecular Hbond substituents is 1. The molecule has 0 aliphatic carbocycles. The molecule has 0 heterocycles. The van der Waals surface area contributed by atoms with Crippen LogP contribution in [0.15, 0.2) is 36.4 Å². The molecule has 0 amide bonds. The molecule has 4 heteroatoms. The third-order valence-corrected chi connectivity index (χ3v) is 3.88. The summed E-state index contributed by atoms with van der Waals surface area (Å²) in [7, 11) is 0. The molecule has 2 aromatic carbocycles. The molecule has 0 fully saturated rings. The minimum absolute atomic E-state index is 0.223. The van der Waals surface area contributed by atoms with Gasteiger partial charge in [0.2, 0.25) is 0 Å². The van der Waals surface area contributed by atoms with Crippen molar-refractivity contribution in [1.29, 1.82) is 0 Å². The number of carboxylic acid groups (broad SMARTS) is 1. The van der Waals surface area contributed by atoms with Crippen molar-refractivity contribution in [3.63, 3.8) is 0 Å². The number of halogens is 1. The maximum absolute atomic E-state index is 13.6. The first-order chi connectivity index (χ1) is 10.4. The Morgan fingerprint density at radius 1 is 1.23 bits per heavy atom. The van der Waals surface area contributed by atoms with Crippen molar-refractivity contribution >= 4 is 5.97 Å². The smallest absolute Gasteiger partial charge is 0.335 e. The molecule has 0 spiro atoms. The van der Waals surface area contributed by atoms with E-state index in [2.05, 4.69) is 13.8 Å². The normalized spacial score (nSPS) is 12.1. The number of benzene rings is 2. The third-order valence-electron chi connectivity index (χ3n) is 3.88. The first kappa shape index (κ1) is 16.0. The van der Waals surface area contributed by atoms with Crippen LogP contribution in [0.4, 0.5) is 4.39 Å². The summed E-state index contributed by atoms with van der Waals surface area (Å²) in [6.07, 6.45) is 1.69. The Bertz CT molecular complexity index is 695. The molecule has 22 heavy (non-hydrogen) atoms. The van der Waals surface area contributed by atoms with Crippen molar-refractivity contribution in [2.24, 2.45) is 5.92 Å². The Morgan fingerprint density at radius 2 is 1.95 bits per heavy atom. The van der Waals surface area contributed by atoms with Gasteiger partial charge in [-0.25, -0.2) is 9.18 Å². The maximum atomic E-state index is 13.6. The van der Waals surface area contributed by atoms with Gasteiger partial charge < -0.3 is 10.2 Å². The fourth-order valence-electron chi connectivity index (χ4n) is 2.37. The van der Waals surface area contributed by atoms with Gasteiger partial charge in [0.05, 0.1) is 5.56 Å². The molecule has 0 aliphatic heterocycles. The van der Waals surface area contributed by atoms with Crippen molar-refractivity contribution in [2.75, 3.05) is 0 Å². The highest BCUT2D eigenvalue weighted by Gasteiger charge is 2.13. The van der Waals surface area contributed by atoms with Crippen LogP contribution >= 0.6 is 0 Å². The summed E-state index contributed by atoms with van der Waals surface area (Å²) in [5.74, 6) is -1.66. The molecule has 3 nitrogen and oxygen atoms in total. The van der Waals surface area contributed by atoms with Crippen LogP contribution in [-0.4, -0.2) is 16.2 Å². The minimum Gasteiger partial charge on any atom is -0.505 e. The highest BCUT2D eigenvalue weighted by Crippen LogP contribution is 2.30. The van der Waals surface area contributed by atoms with Gasteiger partial charge in [0.25, 0.3) is 0 Å². The second kappa shape index (κ2) is 6.60. The molecule has 0 radical (unpaired) electrons. The molecular weight excluding hydrogens is 283 g/mol. The van der Waals surface area contributed by atoms with Crippen molar-refractivity contribution in [3.05, 3.63) is 53.3 Å². The number of carbonyl (C=O) groups is 1. The summed E-state index contributed by atoms with van der Waals surface area (Å²) in [6, 6.07) is 9.08. The van der Waals surface area contributed by atoms with E-state index in [9.17, 15) is 14.3 Å². The van der Waals surface area contributed by atoms with Gasteiger partial charge in [0.1, 0.15) is 0 Å². The first-order valence-corrected chi connectivity index (χ1v) is 7.27. The van der Waals surface area contributed by atoms with E-state index in [4.69, 9.17) is 5.11 Å². The predicted octanol–water partition coefficient (Wildman–Crippen LogP) is 4.49. The van der Waals surface area contributed by atoms with Gasteiger partial charge in [-0.15, -0.1) is 0 Å². The van der Waals surface area contributed by atoms with E-state index in [1.807, 2.05) is 0 Å². The third kappa shape index (κ3) is 3.45. The molecule has 0 saturated heterocycles. The van der Waals surface area contributed by atoms with E-state index in [1.165, 1.54) is 18.2 Å². The number of phenols is 1. The molecule has 116 valence electrons. The van der Waals surface area contributed by atoms with E-state index >= 15 is 0 Å². The fourth-order valence-corrected chi connectivity index (χ4v) is 2.37. The Kier molecular flexibility index (Phi) is 4.81. The SMILES string of the molecule is CCC(C)Cc1cc(C(=O)O)ccc1-c1ccc(O)c(F)c1. The molecule has 0 aliphatic rings. The molecule has 0 bridgehead atoms. The zero-order chi connectivity index (χ0) is 16.3. The van der Waals surface area contributed by atoms with E-state index in [1.54, 1.807) is 18.2 Å². The van der Waals surface area contributed by atoms with E-state index < -0.39 is 17.5 Å². The summed E-state index contributed by atoms with van der Waals surface area (Å²) in [6.45, 7) is 4.17. The van der Waals surface area contributed by atoms with Crippen LogP contribution in [0.2, 0.25) is 0 Å². The lowest BCUT2D eigenvalue weighted by Gasteiger charge is -2.15. The Labute approximate surface area is 129 Å². The van der Waals surface area contributed by atoms with Gasteiger partial charge in [0.15, 0.2) is 11.6 Å². The predicted molar refractivity (Wildman–Crippen MR) is 83.6 cm³/mol. The van der Waals surface area contributed by atoms with Crippen LogP contribution in [0.25, 0.3) is 11.1 Å². The van der Waals surface area contributed by atoms with Crippen LogP contribution < -0.4 is 0 Å². The Morgan fingerprint density at radius 3 is 2.55 bits per heavy atom. The maximum Gasteiger partial charge on any atom is 0.335 e. The standard InChI is InChI=1S/C18H19FO3/c1-3-11(2)8-14-9-13(18(21)22)4-6-15(14)12-5-7-17(20)16(19)10-12/h4-7,9-11,20H,3,8H2,1-2H3,(H,21,22). The first-order valence-electron chi connectivity index (χ1n) is 7.27. The number of hydrogen-bond acceptors (Lipinski definition) is 2. The van der Waals surface area contributed by atoms with E-state index in [-0.39, 0.29) is 5.56 Å². The van der Waals surface area contributed by atoms with Crippen molar-refractivity contribution in [2.45, 2.75) is 26.7 Å². The Hall–Kier alpha value is -2.36. The highest BCUT2D eigenvalue weighted by atomic mass is 19.1. The number of rotatable bonds is 5. The molecule has 1 unspecified atom stereocenters. The van der Waals surface area contributed by atoms with Gasteiger partial charge in [-0.2, -0.15) is 0 Å². The molecule has 2 aromatic rings. The zero-order valence-electron chi connectivity index (χ0n) is 12.6. The summed E-state index contributed by atoms with van der Waals surface area (Å²) in [5, 5.41) is 18.5. The summed E-state index contributed by atoms with van der Waals surface area (Å²) in [4.78, 5) is 11.2. The lowest BCUT2D eigenvalue weighted by Crippen LogP contribution is -2.03. The second-order valence-electron chi connectivity index (χ2n) is 5.56. The fraction of sp³-hybridized carbons (Fsp3) is 0.278. The summed E-state index contributed by atoms with van der Waals surface area (Å²) in [5.41, 5.74) is 2.52. The van der Waals surface area contributed by atoms with Gasteiger partial charge in [0, 0.05) is 0 Å². The summed E-state index contributed by atoms with van der Waals surface area (Å²) >= 11 is 0. The van der Waals surface area contributed by atoms with E-state index in [0.717, 1.165) is 24.0 Å². The van der Waals surface area contributed by atoms with Crippen molar-refractivity contribution < 1.29 is 19.4 Å². The molecular formula is C18H19FO3. The molecule has 2 N–H and O–H groups in total. The quantitative estimate of drug-likeness (QED) is 0.856. The summed E-state index contributed by atoms with van der Waals surface area (Å²) < 4.78 is 13.6. The molecule has 0 saturated carbocycles. The number of aromatic hydroxyl groups is 1. The lowest BCUT2D eigenvalue weighted by molar-refractivity contribution is 0.0696. The monoisotopic (exact) mass is 302 g/mol. The van der Waals surface area contributed by atoms with Gasteiger partial charge in [-0.05, 0) is 53.3 Å². The minimum atomic E-state index is -0.978. The van der Waals surface area contributed by atoms with Gasteiger partial charge in [-0.1, -0.05) is 32.4 Å². The lowest BCUT2D eigenvalue weighted by atomic mass is 9.90. The molecule has 0 aromatic heterocycles.